The molecule has 1 aromatic rings. The summed E-state index contributed by atoms with van der Waals surface area (Å²) in [4.78, 5) is 0. The van der Waals surface area contributed by atoms with Gasteiger partial charge in [-0.05, 0) is 17.2 Å². The van der Waals surface area contributed by atoms with Crippen LogP contribution in [0.1, 0.15) is 32.3 Å². The highest BCUT2D eigenvalue weighted by Crippen LogP contribution is 2.27. The minimum Gasteiger partial charge on any atom is -0.179 e. The van der Waals surface area contributed by atoms with Crippen molar-refractivity contribution in [3.05, 3.63) is 35.9 Å². The molecule has 0 nitrogen and oxygen atoms in total. The molecule has 16 heavy (non-hydrogen) atoms. The molecule has 1 aromatic carbocycles. The van der Waals surface area contributed by atoms with Crippen molar-refractivity contribution >= 4 is 24.4 Å². The average Bonchev–Trinajstić information content (AvgIpc) is 2.30. The molecular weight excluding hydrogens is 232 g/mol. The molecule has 0 fully saturated rings. The second-order valence-electron chi connectivity index (χ2n) is 4.57. The molecule has 0 aromatic heterocycles. The summed E-state index contributed by atoms with van der Waals surface area (Å²) in [5.41, 5.74) is 1.42. The van der Waals surface area contributed by atoms with Crippen LogP contribution < -0.4 is 0 Å². The summed E-state index contributed by atoms with van der Waals surface area (Å²) >= 11 is 6.53. The van der Waals surface area contributed by atoms with Crippen LogP contribution in [0, 0.1) is 5.92 Å². The normalized spacial score (nSPS) is 15.1. The molecule has 0 heterocycles. The molecule has 0 bridgehead atoms. The van der Waals surface area contributed by atoms with Gasteiger partial charge < -0.3 is 0 Å². The van der Waals surface area contributed by atoms with Crippen LogP contribution in [0.25, 0.3) is 0 Å². The lowest BCUT2D eigenvalue weighted by molar-refractivity contribution is 0.641. The van der Waals surface area contributed by atoms with Gasteiger partial charge in [0.1, 0.15) is 0 Å². The van der Waals surface area contributed by atoms with E-state index >= 15 is 0 Å². The van der Waals surface area contributed by atoms with Gasteiger partial charge in [0, 0.05) is 16.9 Å². The molecular formula is C14H22S2. The van der Waals surface area contributed by atoms with E-state index in [-0.39, 0.29) is 0 Å². The van der Waals surface area contributed by atoms with E-state index in [9.17, 15) is 0 Å². The Morgan fingerprint density at radius 1 is 1.12 bits per heavy atom. The summed E-state index contributed by atoms with van der Waals surface area (Å²) in [6.45, 7) is 6.89. The van der Waals surface area contributed by atoms with Gasteiger partial charge in [-0.25, -0.2) is 0 Å². The van der Waals surface area contributed by atoms with Crippen LogP contribution in [-0.2, 0) is 0 Å². The van der Waals surface area contributed by atoms with Crippen LogP contribution in [0.3, 0.4) is 0 Å². The zero-order valence-corrected chi connectivity index (χ0v) is 12.1. The summed E-state index contributed by atoms with van der Waals surface area (Å²) in [6, 6.07) is 10.7. The fourth-order valence-corrected chi connectivity index (χ4v) is 3.19. The lowest BCUT2D eigenvalue weighted by atomic mass is 10.0. The summed E-state index contributed by atoms with van der Waals surface area (Å²) in [7, 11) is 0. The second kappa shape index (κ2) is 7.29. The van der Waals surface area contributed by atoms with Crippen molar-refractivity contribution in [1.29, 1.82) is 0 Å². The van der Waals surface area contributed by atoms with Gasteiger partial charge in [0.15, 0.2) is 0 Å². The van der Waals surface area contributed by atoms with Gasteiger partial charge >= 0.3 is 0 Å². The van der Waals surface area contributed by atoms with Crippen molar-refractivity contribution in [3.63, 3.8) is 0 Å². The van der Waals surface area contributed by atoms with Crippen molar-refractivity contribution in [3.8, 4) is 0 Å². The number of hydrogen-bond acceptors (Lipinski definition) is 2. The molecule has 0 saturated carbocycles. The quantitative estimate of drug-likeness (QED) is 0.730. The average molecular weight is 254 g/mol. The molecule has 0 saturated heterocycles. The Morgan fingerprint density at radius 3 is 2.25 bits per heavy atom. The molecule has 0 N–H and O–H groups in total. The van der Waals surface area contributed by atoms with Crippen LogP contribution in [0.4, 0.5) is 0 Å². The topological polar surface area (TPSA) is 0 Å². The summed E-state index contributed by atoms with van der Waals surface area (Å²) < 4.78 is 0. The van der Waals surface area contributed by atoms with E-state index in [1.165, 1.54) is 11.3 Å². The third kappa shape index (κ3) is 4.42. The molecule has 0 radical (unpaired) electrons. The van der Waals surface area contributed by atoms with Gasteiger partial charge in [0.2, 0.25) is 0 Å². The van der Waals surface area contributed by atoms with Crippen LogP contribution in [0.5, 0.6) is 0 Å². The number of hydrogen-bond donors (Lipinski definition) is 1. The van der Waals surface area contributed by atoms with Crippen LogP contribution in [0.2, 0.25) is 0 Å². The van der Waals surface area contributed by atoms with E-state index in [4.69, 9.17) is 0 Å². The predicted molar refractivity (Wildman–Crippen MR) is 79.8 cm³/mol. The molecule has 2 unspecified atom stereocenters. The molecule has 0 aliphatic heterocycles. The maximum Gasteiger partial charge on any atom is 0.00419 e. The highest BCUT2D eigenvalue weighted by Gasteiger charge is 2.13. The summed E-state index contributed by atoms with van der Waals surface area (Å²) in [5, 5.41) is 0.728. The van der Waals surface area contributed by atoms with Crippen LogP contribution in [-0.4, -0.2) is 16.8 Å². The third-order valence-electron chi connectivity index (χ3n) is 2.99. The van der Waals surface area contributed by atoms with Gasteiger partial charge in [-0.1, -0.05) is 51.1 Å². The van der Waals surface area contributed by atoms with Gasteiger partial charge in [-0.3, -0.25) is 0 Å². The Kier molecular flexibility index (Phi) is 6.37. The molecule has 2 heteroatoms. The Hall–Kier alpha value is -0.0800. The molecule has 0 aliphatic rings. The Morgan fingerprint density at radius 2 is 1.75 bits per heavy atom. The van der Waals surface area contributed by atoms with E-state index in [1.807, 2.05) is 0 Å². The number of thiol groups is 1. The molecule has 0 aliphatic carbocycles. The molecule has 0 amide bonds. The van der Waals surface area contributed by atoms with Crippen LogP contribution in [0.15, 0.2) is 30.3 Å². The van der Waals surface area contributed by atoms with E-state index in [2.05, 4.69) is 75.5 Å². The van der Waals surface area contributed by atoms with Gasteiger partial charge in [0.05, 0.1) is 0 Å². The van der Waals surface area contributed by atoms with E-state index in [0.29, 0.717) is 5.92 Å². The molecule has 2 atom stereocenters. The third-order valence-corrected chi connectivity index (χ3v) is 5.10. The monoisotopic (exact) mass is 254 g/mol. The second-order valence-corrected chi connectivity index (χ2v) is 6.35. The zero-order chi connectivity index (χ0) is 12.0. The number of benzene rings is 1. The fraction of sp³-hybridized carbons (Fsp3) is 0.571. The minimum absolute atomic E-state index is 0.579. The van der Waals surface area contributed by atoms with Crippen molar-refractivity contribution < 1.29 is 0 Å². The van der Waals surface area contributed by atoms with Gasteiger partial charge in [-0.15, -0.1) is 0 Å². The van der Waals surface area contributed by atoms with Gasteiger partial charge in [0.25, 0.3) is 0 Å². The van der Waals surface area contributed by atoms with Crippen molar-refractivity contribution in [1.82, 2.24) is 0 Å². The lowest BCUT2D eigenvalue weighted by Gasteiger charge is -2.19. The minimum atomic E-state index is 0.579. The van der Waals surface area contributed by atoms with E-state index in [1.54, 1.807) is 0 Å². The van der Waals surface area contributed by atoms with Gasteiger partial charge in [-0.2, -0.15) is 24.4 Å². The Bertz CT molecular complexity index is 282. The Labute approximate surface area is 110 Å². The standard InChI is InChI=1S/C14H22S2/c1-11(2)12(3)16-10-14(9-15)13-7-5-4-6-8-13/h4-8,11-12,14-15H,9-10H2,1-3H3. The molecule has 90 valence electrons. The first-order valence-corrected chi connectivity index (χ1v) is 7.60. The largest absolute Gasteiger partial charge is 0.179 e. The molecule has 0 spiro atoms. The first-order valence-electron chi connectivity index (χ1n) is 5.92. The van der Waals surface area contributed by atoms with Crippen molar-refractivity contribution in [2.24, 2.45) is 5.92 Å². The maximum absolute atomic E-state index is 4.47. The predicted octanol–water partition coefficient (Wildman–Crippen LogP) is 4.48. The smallest absolute Gasteiger partial charge is 0.00419 e. The van der Waals surface area contributed by atoms with E-state index < -0.39 is 0 Å². The van der Waals surface area contributed by atoms with Crippen molar-refractivity contribution in [2.45, 2.75) is 31.9 Å². The first-order chi connectivity index (χ1) is 7.65. The lowest BCUT2D eigenvalue weighted by Crippen LogP contribution is -2.11. The first kappa shape index (κ1) is 14.0. The molecule has 1 rings (SSSR count). The van der Waals surface area contributed by atoms with Crippen molar-refractivity contribution in [2.75, 3.05) is 11.5 Å². The Balaban J connectivity index is 2.50. The summed E-state index contributed by atoms with van der Waals surface area (Å²) in [6.07, 6.45) is 0. The summed E-state index contributed by atoms with van der Waals surface area (Å²) in [5.74, 6) is 3.44. The highest BCUT2D eigenvalue weighted by atomic mass is 32.2. The van der Waals surface area contributed by atoms with E-state index in [0.717, 1.165) is 16.9 Å². The fourth-order valence-electron chi connectivity index (χ4n) is 1.44. The SMILES string of the molecule is CC(C)C(C)SCC(CS)c1ccccc1. The maximum atomic E-state index is 4.47. The number of rotatable bonds is 6. The number of thioether (sulfide) groups is 1. The highest BCUT2D eigenvalue weighted by molar-refractivity contribution is 7.99. The zero-order valence-electron chi connectivity index (χ0n) is 10.4. The van der Waals surface area contributed by atoms with Crippen LogP contribution >= 0.6 is 24.4 Å².